The Morgan fingerprint density at radius 1 is 0.917 bits per heavy atom. The van der Waals surface area contributed by atoms with Gasteiger partial charge in [0.05, 0.1) is 25.1 Å². The lowest BCUT2D eigenvalue weighted by Gasteiger charge is -2.37. The second-order valence-corrected chi connectivity index (χ2v) is 9.63. The number of nitrogens with zero attached hydrogens (tertiary/aromatic N) is 3. The Balaban J connectivity index is 1.18. The second-order valence-electron chi connectivity index (χ2n) is 9.63. The number of anilines is 1. The summed E-state index contributed by atoms with van der Waals surface area (Å²) in [5.41, 5.74) is 5.75. The zero-order chi connectivity index (χ0) is 24.9. The number of carbonyl (C=O) groups excluding carboxylic acids is 1. The van der Waals surface area contributed by atoms with E-state index in [0.717, 1.165) is 66.3 Å². The molecule has 0 aliphatic carbocycles. The standard InChI is InChI=1S/C29H34N4O3/c1-21(19-32-15-17-33(18-16-32)26-9-5-6-10-28(26)35-2)20-36-27-13-11-23(22-7-3-4-8-24(22)27)25-12-14-29(34)31-30-25/h3-11,13,21H,12,14-20H2,1-2H3,(H,31,34). The molecular formula is C29H34N4O3. The van der Waals surface area contributed by atoms with E-state index in [9.17, 15) is 4.79 Å². The minimum atomic E-state index is -0.0294. The molecule has 2 aliphatic rings. The highest BCUT2D eigenvalue weighted by Crippen LogP contribution is 2.31. The molecule has 0 bridgehead atoms. The van der Waals surface area contributed by atoms with Crippen molar-refractivity contribution in [3.05, 3.63) is 66.2 Å². The van der Waals surface area contributed by atoms with Gasteiger partial charge < -0.3 is 14.4 Å². The Morgan fingerprint density at radius 3 is 2.42 bits per heavy atom. The zero-order valence-electron chi connectivity index (χ0n) is 21.1. The summed E-state index contributed by atoms with van der Waals surface area (Å²) in [6.45, 7) is 7.95. The largest absolute Gasteiger partial charge is 0.495 e. The summed E-state index contributed by atoms with van der Waals surface area (Å²) < 4.78 is 11.9. The van der Waals surface area contributed by atoms with E-state index in [1.54, 1.807) is 7.11 Å². The lowest BCUT2D eigenvalue weighted by molar-refractivity contribution is -0.121. The number of fused-ring (bicyclic) bond motifs is 1. The van der Waals surface area contributed by atoms with Gasteiger partial charge in [0.15, 0.2) is 0 Å². The molecule has 5 rings (SSSR count). The molecular weight excluding hydrogens is 452 g/mol. The number of carbonyl (C=O) groups is 1. The van der Waals surface area contributed by atoms with Gasteiger partial charge in [0, 0.05) is 62.4 Å². The monoisotopic (exact) mass is 486 g/mol. The fourth-order valence-electron chi connectivity index (χ4n) is 5.11. The highest BCUT2D eigenvalue weighted by atomic mass is 16.5. The summed E-state index contributed by atoms with van der Waals surface area (Å²) in [5, 5.41) is 6.47. The van der Waals surface area contributed by atoms with Crippen molar-refractivity contribution >= 4 is 28.1 Å². The minimum Gasteiger partial charge on any atom is -0.495 e. The van der Waals surface area contributed by atoms with E-state index < -0.39 is 0 Å². The molecule has 36 heavy (non-hydrogen) atoms. The zero-order valence-corrected chi connectivity index (χ0v) is 21.1. The molecule has 0 radical (unpaired) electrons. The number of piperazine rings is 1. The molecule has 0 saturated carbocycles. The minimum absolute atomic E-state index is 0.0294. The number of benzene rings is 3. The molecule has 1 unspecified atom stereocenters. The lowest BCUT2D eigenvalue weighted by Crippen LogP contribution is -2.48. The van der Waals surface area contributed by atoms with Gasteiger partial charge in [0.2, 0.25) is 5.91 Å². The maximum Gasteiger partial charge on any atom is 0.240 e. The number of methoxy groups -OCH3 is 1. The quantitative estimate of drug-likeness (QED) is 0.514. The third-order valence-corrected chi connectivity index (χ3v) is 6.99. The van der Waals surface area contributed by atoms with Crippen molar-refractivity contribution in [1.82, 2.24) is 10.3 Å². The number of para-hydroxylation sites is 2. The molecule has 1 saturated heterocycles. The van der Waals surface area contributed by atoms with Crippen LogP contribution in [0, 0.1) is 5.92 Å². The van der Waals surface area contributed by atoms with Gasteiger partial charge in [-0.25, -0.2) is 5.43 Å². The molecule has 7 heteroatoms. The van der Waals surface area contributed by atoms with Crippen LogP contribution in [0.15, 0.2) is 65.8 Å². The molecule has 1 atom stereocenters. The maximum absolute atomic E-state index is 11.5. The van der Waals surface area contributed by atoms with Crippen LogP contribution in [0.25, 0.3) is 10.8 Å². The topological polar surface area (TPSA) is 66.4 Å². The Labute approximate surface area is 212 Å². The number of nitrogens with one attached hydrogen (secondary N) is 1. The number of hydrazone groups is 1. The van der Waals surface area contributed by atoms with Crippen molar-refractivity contribution in [2.45, 2.75) is 19.8 Å². The van der Waals surface area contributed by atoms with Gasteiger partial charge in [-0.05, 0) is 29.7 Å². The molecule has 3 aromatic carbocycles. The van der Waals surface area contributed by atoms with Crippen LogP contribution in [0.1, 0.15) is 25.3 Å². The van der Waals surface area contributed by atoms with E-state index >= 15 is 0 Å². The van der Waals surface area contributed by atoms with Crippen LogP contribution in [0.4, 0.5) is 5.69 Å². The summed E-state index contributed by atoms with van der Waals surface area (Å²) in [6.07, 6.45) is 1.12. The summed E-state index contributed by atoms with van der Waals surface area (Å²) >= 11 is 0. The van der Waals surface area contributed by atoms with Crippen molar-refractivity contribution in [2.75, 3.05) is 51.3 Å². The van der Waals surface area contributed by atoms with Crippen LogP contribution in [-0.4, -0.2) is 63.0 Å². The van der Waals surface area contributed by atoms with E-state index in [2.05, 4.69) is 57.6 Å². The summed E-state index contributed by atoms with van der Waals surface area (Å²) in [7, 11) is 1.73. The molecule has 3 aromatic rings. The first kappa shape index (κ1) is 24.1. The van der Waals surface area contributed by atoms with Crippen LogP contribution in [0.3, 0.4) is 0 Å². The van der Waals surface area contributed by atoms with Crippen molar-refractivity contribution in [1.29, 1.82) is 0 Å². The van der Waals surface area contributed by atoms with Gasteiger partial charge in [-0.3, -0.25) is 9.69 Å². The Bertz CT molecular complexity index is 1250. The highest BCUT2D eigenvalue weighted by molar-refractivity contribution is 6.13. The summed E-state index contributed by atoms with van der Waals surface area (Å²) in [4.78, 5) is 16.4. The number of amides is 1. The summed E-state index contributed by atoms with van der Waals surface area (Å²) in [5.74, 6) is 2.20. The highest BCUT2D eigenvalue weighted by Gasteiger charge is 2.21. The van der Waals surface area contributed by atoms with E-state index in [1.165, 1.54) is 5.69 Å². The van der Waals surface area contributed by atoms with E-state index in [0.29, 0.717) is 25.4 Å². The van der Waals surface area contributed by atoms with Crippen LogP contribution < -0.4 is 19.8 Å². The van der Waals surface area contributed by atoms with Crippen molar-refractivity contribution in [3.8, 4) is 11.5 Å². The Hall–Kier alpha value is -3.58. The van der Waals surface area contributed by atoms with Crippen LogP contribution in [0.5, 0.6) is 11.5 Å². The molecule has 1 N–H and O–H groups in total. The van der Waals surface area contributed by atoms with Gasteiger partial charge >= 0.3 is 0 Å². The van der Waals surface area contributed by atoms with Gasteiger partial charge in [-0.15, -0.1) is 0 Å². The van der Waals surface area contributed by atoms with Crippen molar-refractivity contribution in [3.63, 3.8) is 0 Å². The molecule has 1 fully saturated rings. The van der Waals surface area contributed by atoms with Crippen LogP contribution in [0.2, 0.25) is 0 Å². The van der Waals surface area contributed by atoms with E-state index in [4.69, 9.17) is 9.47 Å². The molecule has 188 valence electrons. The molecule has 7 nitrogen and oxygen atoms in total. The fourth-order valence-corrected chi connectivity index (χ4v) is 5.11. The third kappa shape index (κ3) is 5.31. The second kappa shape index (κ2) is 11.0. The lowest BCUT2D eigenvalue weighted by atomic mass is 9.97. The van der Waals surface area contributed by atoms with Crippen LogP contribution >= 0.6 is 0 Å². The van der Waals surface area contributed by atoms with Crippen LogP contribution in [-0.2, 0) is 4.79 Å². The first-order valence-electron chi connectivity index (χ1n) is 12.7. The van der Waals surface area contributed by atoms with Gasteiger partial charge in [-0.2, -0.15) is 5.10 Å². The van der Waals surface area contributed by atoms with Gasteiger partial charge in [0.1, 0.15) is 11.5 Å². The SMILES string of the molecule is COc1ccccc1N1CCN(CC(C)COc2ccc(C3=NNC(=O)CC3)c3ccccc23)CC1. The smallest absolute Gasteiger partial charge is 0.240 e. The Morgan fingerprint density at radius 2 is 1.67 bits per heavy atom. The van der Waals surface area contributed by atoms with E-state index in [1.807, 2.05) is 30.3 Å². The van der Waals surface area contributed by atoms with Gasteiger partial charge in [-0.1, -0.05) is 43.3 Å². The predicted molar refractivity (Wildman–Crippen MR) is 144 cm³/mol. The van der Waals surface area contributed by atoms with Crippen molar-refractivity contribution < 1.29 is 14.3 Å². The molecule has 1 amide bonds. The molecule has 0 spiro atoms. The number of ether oxygens (including phenoxy) is 2. The summed E-state index contributed by atoms with van der Waals surface area (Å²) in [6, 6.07) is 20.6. The average Bonchev–Trinajstić information content (AvgIpc) is 2.92. The van der Waals surface area contributed by atoms with Gasteiger partial charge in [0.25, 0.3) is 0 Å². The molecule has 2 heterocycles. The normalized spacial score (nSPS) is 17.4. The number of rotatable bonds is 8. The maximum atomic E-state index is 11.5. The average molecular weight is 487 g/mol. The fraction of sp³-hybridized carbons (Fsp3) is 0.379. The number of hydrogen-bond donors (Lipinski definition) is 1. The third-order valence-electron chi connectivity index (χ3n) is 6.99. The van der Waals surface area contributed by atoms with E-state index in [-0.39, 0.29) is 5.91 Å². The molecule has 0 aromatic heterocycles. The first-order valence-corrected chi connectivity index (χ1v) is 12.7. The molecule has 2 aliphatic heterocycles. The van der Waals surface area contributed by atoms with Crippen molar-refractivity contribution in [2.24, 2.45) is 11.0 Å². The Kier molecular flexibility index (Phi) is 7.37. The first-order chi connectivity index (χ1) is 17.6. The number of hydrogen-bond acceptors (Lipinski definition) is 6. The predicted octanol–water partition coefficient (Wildman–Crippen LogP) is 4.30.